The van der Waals surface area contributed by atoms with Crippen LogP contribution in [0.5, 0.6) is 0 Å². The minimum absolute atomic E-state index is 0.0778. The van der Waals surface area contributed by atoms with Crippen LogP contribution in [-0.2, 0) is 13.0 Å². The number of nitrogens with two attached hydrogens (primary N) is 1. The fourth-order valence-corrected chi connectivity index (χ4v) is 3.27. The lowest BCUT2D eigenvalue weighted by atomic mass is 10.1. The van der Waals surface area contributed by atoms with Gasteiger partial charge in [0, 0.05) is 6.54 Å². The summed E-state index contributed by atoms with van der Waals surface area (Å²) in [5.41, 5.74) is 10.0. The third-order valence-corrected chi connectivity index (χ3v) is 4.55. The topological polar surface area (TPSA) is 43.8 Å². The molecule has 3 rings (SSSR count). The molecule has 0 radical (unpaired) electrons. The van der Waals surface area contributed by atoms with E-state index in [1.165, 1.54) is 36.8 Å². The number of unbranched alkanes of at least 4 members (excludes halogenated alkanes) is 3. The van der Waals surface area contributed by atoms with Gasteiger partial charge < -0.3 is 10.3 Å². The molecule has 1 aromatic heterocycles. The highest BCUT2D eigenvalue weighted by atomic mass is 15.1. The van der Waals surface area contributed by atoms with Crippen LogP contribution in [0, 0.1) is 0 Å². The smallest absolute Gasteiger partial charge is 0.127 e. The van der Waals surface area contributed by atoms with E-state index >= 15 is 0 Å². The van der Waals surface area contributed by atoms with E-state index in [1.54, 1.807) is 0 Å². The van der Waals surface area contributed by atoms with Crippen LogP contribution in [-0.4, -0.2) is 9.55 Å². The summed E-state index contributed by atoms with van der Waals surface area (Å²) in [7, 11) is 0. The summed E-state index contributed by atoms with van der Waals surface area (Å²) in [6, 6.07) is 18.7. The molecule has 0 saturated heterocycles. The summed E-state index contributed by atoms with van der Waals surface area (Å²) >= 11 is 0. The first-order chi connectivity index (χ1) is 11.8. The fourth-order valence-electron chi connectivity index (χ4n) is 3.27. The monoisotopic (exact) mass is 321 g/mol. The van der Waals surface area contributed by atoms with Gasteiger partial charge in [0.1, 0.15) is 5.82 Å². The third-order valence-electron chi connectivity index (χ3n) is 4.55. The molecule has 0 amide bonds. The highest BCUT2D eigenvalue weighted by Gasteiger charge is 2.17. The molecule has 24 heavy (non-hydrogen) atoms. The fraction of sp³-hybridized carbons (Fsp3) is 0.381. The highest BCUT2D eigenvalue weighted by Crippen LogP contribution is 2.23. The SMILES string of the molecule is CCCCCCn1c(C(N)Cc2ccccc2)nc2ccccc21. The standard InChI is InChI=1S/C21H27N3/c1-2-3-4-10-15-24-20-14-9-8-13-19(20)23-21(24)18(22)16-17-11-6-5-7-12-17/h5-9,11-14,18H,2-4,10,15-16,22H2,1H3. The molecule has 0 aliphatic carbocycles. The first-order valence-corrected chi connectivity index (χ1v) is 9.04. The Morgan fingerprint density at radius 2 is 1.71 bits per heavy atom. The van der Waals surface area contributed by atoms with E-state index in [2.05, 4.69) is 54.0 Å². The molecule has 3 aromatic rings. The molecule has 0 spiro atoms. The van der Waals surface area contributed by atoms with Crippen molar-refractivity contribution in [2.75, 3.05) is 0 Å². The number of hydrogen-bond donors (Lipinski definition) is 1. The van der Waals surface area contributed by atoms with E-state index in [9.17, 15) is 0 Å². The Hall–Kier alpha value is -2.13. The van der Waals surface area contributed by atoms with Crippen molar-refractivity contribution in [2.45, 2.75) is 51.6 Å². The predicted octanol–water partition coefficient (Wildman–Crippen LogP) is 4.86. The number of aromatic nitrogens is 2. The molecule has 0 aliphatic rings. The molecular formula is C21H27N3. The second-order valence-electron chi connectivity index (χ2n) is 6.47. The summed E-state index contributed by atoms with van der Waals surface area (Å²) in [5, 5.41) is 0. The predicted molar refractivity (Wildman–Crippen MR) is 101 cm³/mol. The largest absolute Gasteiger partial charge is 0.327 e. The lowest BCUT2D eigenvalue weighted by molar-refractivity contribution is 0.545. The van der Waals surface area contributed by atoms with Crippen molar-refractivity contribution in [1.82, 2.24) is 9.55 Å². The Balaban J connectivity index is 1.85. The summed E-state index contributed by atoms with van der Waals surface area (Å²) in [5.74, 6) is 1.01. The summed E-state index contributed by atoms with van der Waals surface area (Å²) in [6.45, 7) is 3.24. The van der Waals surface area contributed by atoms with Gasteiger partial charge in [0.15, 0.2) is 0 Å². The van der Waals surface area contributed by atoms with Gasteiger partial charge in [-0.1, -0.05) is 68.7 Å². The van der Waals surface area contributed by atoms with Gasteiger partial charge in [-0.2, -0.15) is 0 Å². The van der Waals surface area contributed by atoms with Crippen LogP contribution in [0.25, 0.3) is 11.0 Å². The summed E-state index contributed by atoms with van der Waals surface area (Å²) < 4.78 is 2.33. The van der Waals surface area contributed by atoms with Crippen molar-refractivity contribution < 1.29 is 0 Å². The van der Waals surface area contributed by atoms with Gasteiger partial charge in [-0.05, 0) is 30.5 Å². The summed E-state index contributed by atoms with van der Waals surface area (Å²) in [4.78, 5) is 4.85. The number of aryl methyl sites for hydroxylation is 1. The van der Waals surface area contributed by atoms with Gasteiger partial charge in [0.25, 0.3) is 0 Å². The molecular weight excluding hydrogens is 294 g/mol. The van der Waals surface area contributed by atoms with Gasteiger partial charge in [-0.15, -0.1) is 0 Å². The zero-order chi connectivity index (χ0) is 16.8. The molecule has 2 aromatic carbocycles. The van der Waals surface area contributed by atoms with Crippen molar-refractivity contribution in [3.05, 3.63) is 66.0 Å². The van der Waals surface area contributed by atoms with Crippen LogP contribution < -0.4 is 5.73 Å². The highest BCUT2D eigenvalue weighted by molar-refractivity contribution is 5.76. The third kappa shape index (κ3) is 3.85. The van der Waals surface area contributed by atoms with Gasteiger partial charge >= 0.3 is 0 Å². The number of nitrogens with zero attached hydrogens (tertiary/aromatic N) is 2. The maximum absolute atomic E-state index is 6.54. The number of hydrogen-bond acceptors (Lipinski definition) is 2. The van der Waals surface area contributed by atoms with Crippen LogP contribution in [0.3, 0.4) is 0 Å². The Labute approximate surface area is 144 Å². The molecule has 3 nitrogen and oxygen atoms in total. The van der Waals surface area contributed by atoms with Gasteiger partial charge in [-0.3, -0.25) is 0 Å². The lowest BCUT2D eigenvalue weighted by Gasteiger charge is -2.15. The second-order valence-corrected chi connectivity index (χ2v) is 6.47. The molecule has 3 heteroatoms. The van der Waals surface area contributed by atoms with Crippen molar-refractivity contribution in [1.29, 1.82) is 0 Å². The first kappa shape index (κ1) is 16.7. The van der Waals surface area contributed by atoms with Crippen LogP contribution in [0.2, 0.25) is 0 Å². The minimum atomic E-state index is -0.0778. The van der Waals surface area contributed by atoms with Crippen LogP contribution in [0.15, 0.2) is 54.6 Å². The lowest BCUT2D eigenvalue weighted by Crippen LogP contribution is -2.19. The number of para-hydroxylation sites is 2. The number of fused-ring (bicyclic) bond motifs is 1. The maximum Gasteiger partial charge on any atom is 0.127 e. The first-order valence-electron chi connectivity index (χ1n) is 9.04. The van der Waals surface area contributed by atoms with E-state index < -0.39 is 0 Å². The molecule has 1 atom stereocenters. The quantitative estimate of drug-likeness (QED) is 0.602. The van der Waals surface area contributed by atoms with Crippen molar-refractivity contribution in [2.24, 2.45) is 5.73 Å². The number of rotatable bonds is 8. The molecule has 0 aliphatic heterocycles. The Morgan fingerprint density at radius 3 is 2.50 bits per heavy atom. The van der Waals surface area contributed by atoms with E-state index in [0.717, 1.165) is 24.3 Å². The van der Waals surface area contributed by atoms with E-state index in [4.69, 9.17) is 10.7 Å². The van der Waals surface area contributed by atoms with Crippen molar-refractivity contribution in [3.63, 3.8) is 0 Å². The van der Waals surface area contributed by atoms with E-state index in [0.29, 0.717) is 0 Å². The van der Waals surface area contributed by atoms with Crippen LogP contribution in [0.1, 0.15) is 50.0 Å². The van der Waals surface area contributed by atoms with E-state index in [1.807, 2.05) is 12.1 Å². The van der Waals surface area contributed by atoms with Crippen LogP contribution in [0.4, 0.5) is 0 Å². The Kier molecular flexibility index (Phi) is 5.65. The van der Waals surface area contributed by atoms with Gasteiger partial charge in [0.2, 0.25) is 0 Å². The zero-order valence-corrected chi connectivity index (χ0v) is 14.5. The van der Waals surface area contributed by atoms with E-state index in [-0.39, 0.29) is 6.04 Å². The number of benzene rings is 2. The molecule has 126 valence electrons. The van der Waals surface area contributed by atoms with Crippen molar-refractivity contribution >= 4 is 11.0 Å². The summed E-state index contributed by atoms with van der Waals surface area (Å²) in [6.07, 6.45) is 5.80. The average Bonchev–Trinajstić information content (AvgIpc) is 2.98. The maximum atomic E-state index is 6.54. The van der Waals surface area contributed by atoms with Gasteiger partial charge in [-0.25, -0.2) is 4.98 Å². The van der Waals surface area contributed by atoms with Crippen molar-refractivity contribution in [3.8, 4) is 0 Å². The van der Waals surface area contributed by atoms with Crippen LogP contribution >= 0.6 is 0 Å². The Morgan fingerprint density at radius 1 is 0.958 bits per heavy atom. The molecule has 1 unspecified atom stereocenters. The normalized spacial score (nSPS) is 12.6. The molecule has 0 saturated carbocycles. The molecule has 0 bridgehead atoms. The second kappa shape index (κ2) is 8.11. The van der Waals surface area contributed by atoms with Gasteiger partial charge in [0.05, 0.1) is 17.1 Å². The zero-order valence-electron chi connectivity index (χ0n) is 14.5. The molecule has 0 fully saturated rings. The molecule has 1 heterocycles. The average molecular weight is 321 g/mol. The molecule has 2 N–H and O–H groups in total. The number of imidazole rings is 1. The minimum Gasteiger partial charge on any atom is -0.327 e. The Bertz CT molecular complexity index is 761.